The van der Waals surface area contributed by atoms with E-state index in [0.29, 0.717) is 28.0 Å². The van der Waals surface area contributed by atoms with Gasteiger partial charge in [-0.2, -0.15) is 10.2 Å². The van der Waals surface area contributed by atoms with Crippen LogP contribution in [0.25, 0.3) is 22.3 Å². The summed E-state index contributed by atoms with van der Waals surface area (Å²) in [5, 5.41) is 14.4. The lowest BCUT2D eigenvalue weighted by atomic mass is 10.0. The molecule has 3 heterocycles. The van der Waals surface area contributed by atoms with Gasteiger partial charge in [-0.3, -0.25) is 14.7 Å². The molecule has 0 atom stereocenters. The zero-order valence-electron chi connectivity index (χ0n) is 17.7. The van der Waals surface area contributed by atoms with E-state index in [2.05, 4.69) is 20.6 Å². The maximum absolute atomic E-state index is 13.3. The number of nitrogens with zero attached hydrogens (tertiary/aromatic N) is 4. The number of nitrogens with two attached hydrogens (primary N) is 1. The van der Waals surface area contributed by atoms with Gasteiger partial charge in [-0.05, 0) is 39.3 Å². The molecule has 4 N–H and O–H groups in total. The number of primary amides is 1. The van der Waals surface area contributed by atoms with Gasteiger partial charge >= 0.3 is 0 Å². The first kappa shape index (κ1) is 20.3. The summed E-state index contributed by atoms with van der Waals surface area (Å²) >= 11 is 0. The van der Waals surface area contributed by atoms with Crippen LogP contribution in [-0.4, -0.2) is 36.8 Å². The fourth-order valence-corrected chi connectivity index (χ4v) is 3.52. The van der Waals surface area contributed by atoms with Crippen LogP contribution in [-0.2, 0) is 0 Å². The summed E-state index contributed by atoms with van der Waals surface area (Å²) < 4.78 is 1.78. The predicted molar refractivity (Wildman–Crippen MR) is 118 cm³/mol. The van der Waals surface area contributed by atoms with Crippen LogP contribution in [0.2, 0.25) is 0 Å². The van der Waals surface area contributed by atoms with E-state index >= 15 is 0 Å². The number of hydrogen-bond acceptors (Lipinski definition) is 5. The summed E-state index contributed by atoms with van der Waals surface area (Å²) in [6.45, 7) is 7.70. The first-order valence-corrected chi connectivity index (χ1v) is 9.88. The molecule has 0 bridgehead atoms. The summed E-state index contributed by atoms with van der Waals surface area (Å²) in [6, 6.07) is 9.65. The molecule has 4 aromatic rings. The molecule has 0 aliphatic carbocycles. The number of aromatic nitrogens is 5. The van der Waals surface area contributed by atoms with Gasteiger partial charge in [0.15, 0.2) is 11.3 Å². The lowest BCUT2D eigenvalue weighted by Gasteiger charge is -2.12. The monoisotopic (exact) mass is 417 g/mol. The molecule has 2 amide bonds. The molecule has 0 saturated heterocycles. The maximum atomic E-state index is 13.3. The summed E-state index contributed by atoms with van der Waals surface area (Å²) in [5.41, 5.74) is 9.80. The van der Waals surface area contributed by atoms with Crippen molar-refractivity contribution in [2.75, 3.05) is 5.32 Å². The number of benzene rings is 1. The van der Waals surface area contributed by atoms with Crippen LogP contribution < -0.4 is 11.1 Å². The van der Waals surface area contributed by atoms with Crippen molar-refractivity contribution in [2.45, 2.75) is 33.7 Å². The smallest absolute Gasteiger partial charge is 0.271 e. The second kappa shape index (κ2) is 7.67. The van der Waals surface area contributed by atoms with Crippen LogP contribution in [0, 0.1) is 13.8 Å². The summed E-state index contributed by atoms with van der Waals surface area (Å²) in [5.74, 6) is -1.13. The summed E-state index contributed by atoms with van der Waals surface area (Å²) in [6.07, 6.45) is 1.64. The van der Waals surface area contributed by atoms with E-state index in [9.17, 15) is 9.59 Å². The molecule has 31 heavy (non-hydrogen) atoms. The minimum atomic E-state index is -0.729. The molecule has 9 heteroatoms. The highest BCUT2D eigenvalue weighted by Gasteiger charge is 2.22. The molecule has 158 valence electrons. The fraction of sp³-hybridized carbons (Fsp3) is 0.227. The van der Waals surface area contributed by atoms with Gasteiger partial charge in [0.25, 0.3) is 11.8 Å². The van der Waals surface area contributed by atoms with Crippen molar-refractivity contribution in [3.8, 4) is 11.3 Å². The van der Waals surface area contributed by atoms with Crippen LogP contribution in [0.3, 0.4) is 0 Å². The van der Waals surface area contributed by atoms with Gasteiger partial charge in [0.1, 0.15) is 0 Å². The molecule has 0 aliphatic heterocycles. The standard InChI is InChI=1S/C22H23N7O2/c1-11(2)29-21-16(10-24-29)15(9-17(25-21)14-8-6-5-7-12(14)3)22(31)26-18-13(4)27-28-19(18)20(23)30/h5-11H,1-4H3,(H2,23,30)(H,26,31)(H,27,28). The molecule has 0 fully saturated rings. The van der Waals surface area contributed by atoms with Gasteiger partial charge in [-0.1, -0.05) is 24.3 Å². The van der Waals surface area contributed by atoms with Crippen molar-refractivity contribution in [1.82, 2.24) is 25.0 Å². The molecule has 1 aromatic carbocycles. The normalized spacial score (nSPS) is 11.3. The molecule has 4 rings (SSSR count). The number of anilines is 1. The summed E-state index contributed by atoms with van der Waals surface area (Å²) in [4.78, 5) is 29.8. The zero-order chi connectivity index (χ0) is 22.3. The van der Waals surface area contributed by atoms with Crippen molar-refractivity contribution in [3.63, 3.8) is 0 Å². The highest BCUT2D eigenvalue weighted by atomic mass is 16.2. The number of carbonyl (C=O) groups excluding carboxylic acids is 2. The average molecular weight is 417 g/mol. The van der Waals surface area contributed by atoms with Crippen molar-refractivity contribution < 1.29 is 9.59 Å². The molecule has 0 radical (unpaired) electrons. The Kier molecular flexibility index (Phi) is 5.02. The van der Waals surface area contributed by atoms with E-state index in [-0.39, 0.29) is 17.4 Å². The second-order valence-corrected chi connectivity index (χ2v) is 7.68. The van der Waals surface area contributed by atoms with Crippen LogP contribution in [0.4, 0.5) is 5.69 Å². The minimum absolute atomic E-state index is 0.0202. The van der Waals surface area contributed by atoms with E-state index in [0.717, 1.165) is 11.1 Å². The first-order valence-electron chi connectivity index (χ1n) is 9.88. The maximum Gasteiger partial charge on any atom is 0.271 e. The van der Waals surface area contributed by atoms with Gasteiger partial charge in [0.05, 0.1) is 34.2 Å². The van der Waals surface area contributed by atoms with Gasteiger partial charge in [0, 0.05) is 11.6 Å². The molecular formula is C22H23N7O2. The average Bonchev–Trinajstić information content (AvgIpc) is 3.31. The molecule has 0 saturated carbocycles. The highest BCUT2D eigenvalue weighted by Crippen LogP contribution is 2.29. The van der Waals surface area contributed by atoms with E-state index < -0.39 is 11.8 Å². The minimum Gasteiger partial charge on any atom is -0.364 e. The SMILES string of the molecule is Cc1ccccc1-c1cc(C(=O)Nc2c(C(N)=O)n[nH]c2C)c2cnn(C(C)C)c2n1. The Bertz CT molecular complexity index is 1320. The van der Waals surface area contributed by atoms with Crippen LogP contribution in [0.1, 0.15) is 52.0 Å². The quantitative estimate of drug-likeness (QED) is 0.458. The Balaban J connectivity index is 1.89. The molecular weight excluding hydrogens is 394 g/mol. The summed E-state index contributed by atoms with van der Waals surface area (Å²) in [7, 11) is 0. The number of nitrogens with one attached hydrogen (secondary N) is 2. The third-order valence-corrected chi connectivity index (χ3v) is 5.14. The van der Waals surface area contributed by atoms with E-state index in [1.54, 1.807) is 23.9 Å². The number of amides is 2. The highest BCUT2D eigenvalue weighted by molar-refractivity contribution is 6.14. The predicted octanol–water partition coefficient (Wildman–Crippen LogP) is 3.37. The first-order chi connectivity index (χ1) is 14.8. The van der Waals surface area contributed by atoms with Crippen LogP contribution in [0.15, 0.2) is 36.5 Å². The molecule has 0 unspecified atom stereocenters. The fourth-order valence-electron chi connectivity index (χ4n) is 3.52. The Morgan fingerprint density at radius 1 is 1.19 bits per heavy atom. The van der Waals surface area contributed by atoms with Gasteiger partial charge in [-0.25, -0.2) is 9.67 Å². The Hall–Kier alpha value is -4.01. The van der Waals surface area contributed by atoms with Crippen molar-refractivity contribution in [3.05, 3.63) is 59.0 Å². The number of carbonyl (C=O) groups is 2. The number of aryl methyl sites for hydroxylation is 2. The third kappa shape index (κ3) is 3.54. The van der Waals surface area contributed by atoms with Crippen molar-refractivity contribution >= 4 is 28.5 Å². The number of hydrogen-bond donors (Lipinski definition) is 3. The van der Waals surface area contributed by atoms with Crippen molar-refractivity contribution in [1.29, 1.82) is 0 Å². The van der Waals surface area contributed by atoms with E-state index in [4.69, 9.17) is 10.7 Å². The largest absolute Gasteiger partial charge is 0.364 e. The molecule has 9 nitrogen and oxygen atoms in total. The number of pyridine rings is 1. The number of H-pyrrole nitrogens is 1. The van der Waals surface area contributed by atoms with Gasteiger partial charge < -0.3 is 11.1 Å². The zero-order valence-corrected chi connectivity index (χ0v) is 17.7. The number of rotatable bonds is 5. The van der Waals surface area contributed by atoms with E-state index in [1.165, 1.54) is 0 Å². The van der Waals surface area contributed by atoms with Gasteiger partial charge in [-0.15, -0.1) is 0 Å². The molecule has 0 spiro atoms. The number of fused-ring (bicyclic) bond motifs is 1. The lowest BCUT2D eigenvalue weighted by Crippen LogP contribution is -2.18. The van der Waals surface area contributed by atoms with Gasteiger partial charge in [0.2, 0.25) is 0 Å². The Morgan fingerprint density at radius 2 is 1.94 bits per heavy atom. The second-order valence-electron chi connectivity index (χ2n) is 7.68. The Morgan fingerprint density at radius 3 is 2.61 bits per heavy atom. The van der Waals surface area contributed by atoms with Crippen molar-refractivity contribution in [2.24, 2.45) is 5.73 Å². The third-order valence-electron chi connectivity index (χ3n) is 5.14. The van der Waals surface area contributed by atoms with Crippen LogP contribution in [0.5, 0.6) is 0 Å². The van der Waals surface area contributed by atoms with E-state index in [1.807, 2.05) is 45.0 Å². The topological polar surface area (TPSA) is 132 Å². The Labute approximate surface area is 178 Å². The van der Waals surface area contributed by atoms with Crippen LogP contribution >= 0.6 is 0 Å². The molecule has 3 aromatic heterocycles. The number of aromatic amines is 1. The lowest BCUT2D eigenvalue weighted by molar-refractivity contribution is 0.0996. The molecule has 0 aliphatic rings.